The lowest BCUT2D eigenvalue weighted by atomic mass is 10.0. The average molecular weight is 341 g/mol. The van der Waals surface area contributed by atoms with Gasteiger partial charge in [-0.25, -0.2) is 9.97 Å². The molecule has 1 aliphatic rings. The number of anilines is 2. The highest BCUT2D eigenvalue weighted by Crippen LogP contribution is 2.26. The van der Waals surface area contributed by atoms with Crippen molar-refractivity contribution in [2.24, 2.45) is 0 Å². The predicted molar refractivity (Wildman–Crippen MR) is 98.2 cm³/mol. The molecular formula is C18H23N5O2. The molecule has 0 saturated carbocycles. The number of rotatable bonds is 4. The summed E-state index contributed by atoms with van der Waals surface area (Å²) in [5, 5.41) is 10.8. The number of non-ortho nitro benzene ring substituents is 1. The second kappa shape index (κ2) is 7.04. The summed E-state index contributed by atoms with van der Waals surface area (Å²) < 4.78 is 0. The van der Waals surface area contributed by atoms with Crippen molar-refractivity contribution in [3.05, 3.63) is 52.0 Å². The van der Waals surface area contributed by atoms with E-state index in [1.165, 1.54) is 0 Å². The van der Waals surface area contributed by atoms with Crippen LogP contribution in [-0.4, -0.2) is 41.1 Å². The summed E-state index contributed by atoms with van der Waals surface area (Å²) >= 11 is 0. The smallest absolute Gasteiger partial charge is 0.269 e. The number of hydrogen-bond acceptors (Lipinski definition) is 6. The van der Waals surface area contributed by atoms with Gasteiger partial charge in [-0.15, -0.1) is 0 Å². The predicted octanol–water partition coefficient (Wildman–Crippen LogP) is 3.11. The third kappa shape index (κ3) is 3.87. The lowest BCUT2D eigenvalue weighted by Crippen LogP contribution is -2.43. The van der Waals surface area contributed by atoms with Crippen LogP contribution in [0.3, 0.4) is 0 Å². The molecule has 3 rings (SSSR count). The van der Waals surface area contributed by atoms with Crippen molar-refractivity contribution in [1.29, 1.82) is 0 Å². The van der Waals surface area contributed by atoms with Crippen LogP contribution >= 0.6 is 0 Å². The van der Waals surface area contributed by atoms with E-state index in [1.54, 1.807) is 12.1 Å². The van der Waals surface area contributed by atoms with Crippen LogP contribution in [-0.2, 0) is 0 Å². The first-order valence-corrected chi connectivity index (χ1v) is 8.48. The van der Waals surface area contributed by atoms with Crippen molar-refractivity contribution in [3.8, 4) is 0 Å². The fourth-order valence-corrected chi connectivity index (χ4v) is 3.36. The Labute approximate surface area is 147 Å². The van der Waals surface area contributed by atoms with E-state index < -0.39 is 0 Å². The van der Waals surface area contributed by atoms with E-state index in [9.17, 15) is 10.1 Å². The first-order chi connectivity index (χ1) is 11.9. The molecule has 2 heterocycles. The lowest BCUT2D eigenvalue weighted by molar-refractivity contribution is -0.384. The van der Waals surface area contributed by atoms with Gasteiger partial charge in [0, 0.05) is 55.8 Å². The zero-order valence-corrected chi connectivity index (χ0v) is 14.8. The molecule has 1 fully saturated rings. The van der Waals surface area contributed by atoms with E-state index in [1.807, 2.05) is 32.0 Å². The van der Waals surface area contributed by atoms with Crippen LogP contribution in [0.4, 0.5) is 17.2 Å². The Morgan fingerprint density at radius 2 is 1.80 bits per heavy atom. The van der Waals surface area contributed by atoms with Gasteiger partial charge in [0.05, 0.1) is 4.92 Å². The second-order valence-corrected chi connectivity index (χ2v) is 6.52. The zero-order chi connectivity index (χ0) is 18.0. The number of nitro benzene ring substituents is 1. The lowest BCUT2D eigenvalue weighted by Gasteiger charge is -2.38. The van der Waals surface area contributed by atoms with Gasteiger partial charge in [0.25, 0.3) is 5.69 Å². The Morgan fingerprint density at radius 1 is 1.16 bits per heavy atom. The molecule has 0 amide bonds. The van der Waals surface area contributed by atoms with Gasteiger partial charge in [-0.2, -0.15) is 0 Å². The van der Waals surface area contributed by atoms with Crippen molar-refractivity contribution in [1.82, 2.24) is 9.97 Å². The number of piperidine rings is 1. The highest BCUT2D eigenvalue weighted by molar-refractivity contribution is 5.51. The minimum Gasteiger partial charge on any atom is -0.371 e. The molecule has 132 valence electrons. The van der Waals surface area contributed by atoms with Gasteiger partial charge < -0.3 is 9.80 Å². The van der Waals surface area contributed by atoms with Gasteiger partial charge in [0.15, 0.2) is 0 Å². The fourth-order valence-electron chi connectivity index (χ4n) is 3.36. The molecule has 1 aromatic carbocycles. The summed E-state index contributed by atoms with van der Waals surface area (Å²) in [6.07, 6.45) is 2.05. The molecule has 0 bridgehead atoms. The molecule has 7 heteroatoms. The van der Waals surface area contributed by atoms with Crippen LogP contribution in [0.1, 0.15) is 24.4 Å². The van der Waals surface area contributed by atoms with Crippen LogP contribution in [0, 0.1) is 24.0 Å². The first-order valence-electron chi connectivity index (χ1n) is 8.48. The molecule has 1 aliphatic heterocycles. The number of benzene rings is 1. The topological polar surface area (TPSA) is 75.4 Å². The molecule has 0 unspecified atom stereocenters. The average Bonchev–Trinajstić information content (AvgIpc) is 2.60. The molecule has 25 heavy (non-hydrogen) atoms. The summed E-state index contributed by atoms with van der Waals surface area (Å²) in [7, 11) is 2.06. The van der Waals surface area contributed by atoms with Gasteiger partial charge in [-0.05, 0) is 38.8 Å². The Balaban J connectivity index is 1.64. The highest BCUT2D eigenvalue weighted by atomic mass is 16.6. The van der Waals surface area contributed by atoms with Crippen molar-refractivity contribution in [3.63, 3.8) is 0 Å². The van der Waals surface area contributed by atoms with Gasteiger partial charge in [0.1, 0.15) is 11.6 Å². The number of aromatic nitrogens is 2. The maximum absolute atomic E-state index is 10.8. The number of aryl methyl sites for hydroxylation is 2. The third-order valence-electron chi connectivity index (χ3n) is 4.76. The molecule has 1 aromatic heterocycles. The number of nitro groups is 1. The molecule has 2 aromatic rings. The molecule has 1 saturated heterocycles. The van der Waals surface area contributed by atoms with E-state index >= 15 is 0 Å². The van der Waals surface area contributed by atoms with Crippen molar-refractivity contribution < 1.29 is 4.92 Å². The maximum atomic E-state index is 10.8. The number of hydrogen-bond donors (Lipinski definition) is 0. The van der Waals surface area contributed by atoms with Gasteiger partial charge >= 0.3 is 0 Å². The zero-order valence-electron chi connectivity index (χ0n) is 14.8. The standard InChI is InChI=1S/C18H23N5O2/c1-13-12-18(20-14(2)19-13)22-10-8-16(9-11-22)21(3)15-4-6-17(7-5-15)23(24)25/h4-7,12,16H,8-11H2,1-3H3. The van der Waals surface area contributed by atoms with Crippen LogP contribution in [0.25, 0.3) is 0 Å². The molecule has 7 nitrogen and oxygen atoms in total. The van der Waals surface area contributed by atoms with Gasteiger partial charge in [0.2, 0.25) is 0 Å². The molecule has 0 spiro atoms. The quantitative estimate of drug-likeness (QED) is 0.628. The van der Waals surface area contributed by atoms with Crippen molar-refractivity contribution in [2.75, 3.05) is 29.9 Å². The summed E-state index contributed by atoms with van der Waals surface area (Å²) in [4.78, 5) is 23.8. The Kier molecular flexibility index (Phi) is 4.83. The Morgan fingerprint density at radius 3 is 2.36 bits per heavy atom. The highest BCUT2D eigenvalue weighted by Gasteiger charge is 2.24. The van der Waals surface area contributed by atoms with Crippen molar-refractivity contribution in [2.45, 2.75) is 32.7 Å². The second-order valence-electron chi connectivity index (χ2n) is 6.52. The van der Waals surface area contributed by atoms with E-state index in [4.69, 9.17) is 0 Å². The molecule has 0 radical (unpaired) electrons. The first kappa shape index (κ1) is 17.1. The summed E-state index contributed by atoms with van der Waals surface area (Å²) in [5.41, 5.74) is 2.13. The maximum Gasteiger partial charge on any atom is 0.269 e. The summed E-state index contributed by atoms with van der Waals surface area (Å²) in [6, 6.07) is 9.22. The Bertz CT molecular complexity index is 734. The van der Waals surface area contributed by atoms with Crippen LogP contribution < -0.4 is 9.80 Å². The van der Waals surface area contributed by atoms with Crippen molar-refractivity contribution >= 4 is 17.2 Å². The van der Waals surface area contributed by atoms with E-state index in [0.717, 1.165) is 49.0 Å². The molecular weight excluding hydrogens is 318 g/mol. The van der Waals surface area contributed by atoms with Gasteiger partial charge in [-0.3, -0.25) is 10.1 Å². The minimum absolute atomic E-state index is 0.126. The summed E-state index contributed by atoms with van der Waals surface area (Å²) in [6.45, 7) is 5.80. The van der Waals surface area contributed by atoms with Crippen LogP contribution in [0.5, 0.6) is 0 Å². The SMILES string of the molecule is Cc1cc(N2CCC(N(C)c3ccc([N+](=O)[O-])cc3)CC2)nc(C)n1. The fraction of sp³-hybridized carbons (Fsp3) is 0.444. The number of nitrogens with zero attached hydrogens (tertiary/aromatic N) is 5. The Hall–Kier alpha value is -2.70. The minimum atomic E-state index is -0.367. The van der Waals surface area contributed by atoms with Crippen LogP contribution in [0.15, 0.2) is 30.3 Å². The largest absolute Gasteiger partial charge is 0.371 e. The monoisotopic (exact) mass is 341 g/mol. The van der Waals surface area contributed by atoms with E-state index in [-0.39, 0.29) is 10.6 Å². The van der Waals surface area contributed by atoms with Crippen LogP contribution in [0.2, 0.25) is 0 Å². The van der Waals surface area contributed by atoms with Gasteiger partial charge in [-0.1, -0.05) is 0 Å². The van der Waals surface area contributed by atoms with E-state index in [0.29, 0.717) is 6.04 Å². The normalized spacial score (nSPS) is 15.2. The summed E-state index contributed by atoms with van der Waals surface area (Å²) in [5.74, 6) is 1.81. The molecule has 0 aliphatic carbocycles. The third-order valence-corrected chi connectivity index (χ3v) is 4.76. The van der Waals surface area contributed by atoms with E-state index in [2.05, 4.69) is 26.8 Å². The molecule has 0 atom stereocenters. The molecule has 0 N–H and O–H groups in total.